The second-order valence-electron chi connectivity index (χ2n) is 6.54. The van der Waals surface area contributed by atoms with Gasteiger partial charge in [0.1, 0.15) is 5.84 Å². The number of hydrogen-bond donors (Lipinski definition) is 2. The molecule has 0 saturated heterocycles. The van der Waals surface area contributed by atoms with Crippen LogP contribution in [0.5, 0.6) is 0 Å². The lowest BCUT2D eigenvalue weighted by Crippen LogP contribution is -2.29. The van der Waals surface area contributed by atoms with Gasteiger partial charge < -0.3 is 10.1 Å². The van der Waals surface area contributed by atoms with Gasteiger partial charge in [0.15, 0.2) is 6.61 Å². The quantitative estimate of drug-likeness (QED) is 0.723. The zero-order valence-corrected chi connectivity index (χ0v) is 15.2. The van der Waals surface area contributed by atoms with Crippen molar-refractivity contribution < 1.29 is 22.7 Å². The van der Waals surface area contributed by atoms with Crippen molar-refractivity contribution in [2.24, 2.45) is 16.8 Å². The predicted octanol–water partition coefficient (Wildman–Crippen LogP) is 1.29. The van der Waals surface area contributed by atoms with Crippen LogP contribution >= 0.6 is 0 Å². The molecule has 1 heterocycles. The molecule has 26 heavy (non-hydrogen) atoms. The van der Waals surface area contributed by atoms with E-state index in [1.54, 1.807) is 6.07 Å². The molecule has 8 nitrogen and oxygen atoms in total. The second kappa shape index (κ2) is 7.45. The van der Waals surface area contributed by atoms with Crippen LogP contribution in [0.25, 0.3) is 0 Å². The summed E-state index contributed by atoms with van der Waals surface area (Å²) < 4.78 is 32.2. The molecule has 0 aromatic heterocycles. The Morgan fingerprint density at radius 3 is 2.77 bits per heavy atom. The SMILES string of the molecule is CC1CC1C(=O)OCC(=O)Nc1cccc(S(=O)(=O)NC2=NCCC2)c1. The molecule has 1 aliphatic carbocycles. The van der Waals surface area contributed by atoms with Gasteiger partial charge in [-0.2, -0.15) is 0 Å². The van der Waals surface area contributed by atoms with Gasteiger partial charge >= 0.3 is 5.97 Å². The van der Waals surface area contributed by atoms with Gasteiger partial charge in [-0.25, -0.2) is 8.42 Å². The fourth-order valence-corrected chi connectivity index (χ4v) is 3.80. The molecule has 0 radical (unpaired) electrons. The fourth-order valence-electron chi connectivity index (χ4n) is 2.67. The largest absolute Gasteiger partial charge is 0.455 e. The summed E-state index contributed by atoms with van der Waals surface area (Å²) in [5.41, 5.74) is 0.307. The minimum absolute atomic E-state index is 0.0219. The number of hydrogen-bond acceptors (Lipinski definition) is 6. The number of aliphatic imine (C=N–C) groups is 1. The number of nitrogens with zero attached hydrogens (tertiary/aromatic N) is 1. The standard InChI is InChI=1S/C17H21N3O5S/c1-11-8-14(11)17(22)25-10-16(21)19-12-4-2-5-13(9-12)26(23,24)20-15-6-3-7-18-15/h2,4-5,9,11,14H,3,6-8,10H2,1H3,(H,18,20)(H,19,21). The van der Waals surface area contributed by atoms with Crippen LogP contribution in [0.15, 0.2) is 34.2 Å². The van der Waals surface area contributed by atoms with Gasteiger partial charge in [-0.05, 0) is 37.0 Å². The molecule has 1 amide bonds. The maximum atomic E-state index is 12.4. The minimum Gasteiger partial charge on any atom is -0.455 e. The second-order valence-corrected chi connectivity index (χ2v) is 8.22. The predicted molar refractivity (Wildman–Crippen MR) is 95.2 cm³/mol. The molecule has 3 rings (SSSR count). The molecule has 1 fully saturated rings. The zero-order chi connectivity index (χ0) is 18.7. The third-order valence-corrected chi connectivity index (χ3v) is 5.69. The molecule has 2 unspecified atom stereocenters. The number of benzene rings is 1. The normalized spacial score (nSPS) is 21.7. The summed E-state index contributed by atoms with van der Waals surface area (Å²) in [6.07, 6.45) is 2.21. The van der Waals surface area contributed by atoms with E-state index in [0.717, 1.165) is 12.8 Å². The first-order chi connectivity index (χ1) is 12.3. The van der Waals surface area contributed by atoms with Crippen molar-refractivity contribution in [1.29, 1.82) is 0 Å². The van der Waals surface area contributed by atoms with Crippen LogP contribution in [0.3, 0.4) is 0 Å². The number of anilines is 1. The van der Waals surface area contributed by atoms with E-state index in [4.69, 9.17) is 4.74 Å². The minimum atomic E-state index is -3.75. The van der Waals surface area contributed by atoms with Crippen LogP contribution in [0.2, 0.25) is 0 Å². The summed E-state index contributed by atoms with van der Waals surface area (Å²) >= 11 is 0. The monoisotopic (exact) mass is 379 g/mol. The molecule has 140 valence electrons. The lowest BCUT2D eigenvalue weighted by molar-refractivity contribution is -0.148. The van der Waals surface area contributed by atoms with Gasteiger partial charge in [0.2, 0.25) is 0 Å². The van der Waals surface area contributed by atoms with Gasteiger partial charge in [-0.15, -0.1) is 0 Å². The van der Waals surface area contributed by atoms with Gasteiger partial charge in [0.25, 0.3) is 15.9 Å². The average Bonchev–Trinajstić information content (AvgIpc) is 3.11. The number of carbonyl (C=O) groups excluding carboxylic acids is 2. The summed E-state index contributed by atoms with van der Waals surface area (Å²) in [5.74, 6) is -0.245. The van der Waals surface area contributed by atoms with Crippen molar-refractivity contribution in [2.75, 3.05) is 18.5 Å². The highest BCUT2D eigenvalue weighted by molar-refractivity contribution is 7.90. The van der Waals surface area contributed by atoms with Gasteiger partial charge in [0, 0.05) is 18.7 Å². The molecule has 2 N–H and O–H groups in total. The topological polar surface area (TPSA) is 114 Å². The number of amidine groups is 1. The van der Waals surface area contributed by atoms with Crippen molar-refractivity contribution >= 4 is 33.4 Å². The first kappa shape index (κ1) is 18.4. The average molecular weight is 379 g/mol. The lowest BCUT2D eigenvalue weighted by Gasteiger charge is -2.10. The molecule has 0 spiro atoms. The number of carbonyl (C=O) groups is 2. The molecular weight excluding hydrogens is 358 g/mol. The Bertz CT molecular complexity index is 850. The Kier molecular flexibility index (Phi) is 5.26. The molecule has 1 aliphatic heterocycles. The number of esters is 1. The van der Waals surface area contributed by atoms with Crippen molar-refractivity contribution in [1.82, 2.24) is 4.72 Å². The van der Waals surface area contributed by atoms with Crippen LogP contribution in [-0.2, 0) is 24.3 Å². The van der Waals surface area contributed by atoms with E-state index in [1.807, 2.05) is 6.92 Å². The number of ether oxygens (including phenoxy) is 1. The highest BCUT2D eigenvalue weighted by Crippen LogP contribution is 2.38. The Labute approximate surface area is 152 Å². The number of sulfonamides is 1. The van der Waals surface area contributed by atoms with Gasteiger partial charge in [0.05, 0.1) is 10.8 Å². The van der Waals surface area contributed by atoms with Crippen LogP contribution in [0, 0.1) is 11.8 Å². The molecule has 1 aromatic rings. The van der Waals surface area contributed by atoms with Crippen LogP contribution in [0.4, 0.5) is 5.69 Å². The number of nitrogens with one attached hydrogen (secondary N) is 2. The van der Waals surface area contributed by atoms with E-state index in [9.17, 15) is 18.0 Å². The summed E-state index contributed by atoms with van der Waals surface area (Å²) in [6.45, 7) is 2.17. The summed E-state index contributed by atoms with van der Waals surface area (Å²) in [5, 5.41) is 2.54. The Morgan fingerprint density at radius 2 is 2.12 bits per heavy atom. The van der Waals surface area contributed by atoms with E-state index in [-0.39, 0.29) is 16.8 Å². The Hall–Kier alpha value is -2.42. The summed E-state index contributed by atoms with van der Waals surface area (Å²) in [6, 6.07) is 5.87. The molecule has 2 aliphatic rings. The molecular formula is C17H21N3O5S. The Balaban J connectivity index is 1.58. The first-order valence-electron chi connectivity index (χ1n) is 8.48. The van der Waals surface area contributed by atoms with Gasteiger partial charge in [-0.3, -0.25) is 19.3 Å². The van der Waals surface area contributed by atoms with E-state index >= 15 is 0 Å². The van der Waals surface area contributed by atoms with Crippen molar-refractivity contribution in [3.8, 4) is 0 Å². The third-order valence-electron chi connectivity index (χ3n) is 4.31. The molecule has 9 heteroatoms. The highest BCUT2D eigenvalue weighted by Gasteiger charge is 2.40. The maximum Gasteiger partial charge on any atom is 0.309 e. The van der Waals surface area contributed by atoms with Crippen LogP contribution < -0.4 is 10.0 Å². The van der Waals surface area contributed by atoms with E-state index in [0.29, 0.717) is 30.4 Å². The molecule has 1 saturated carbocycles. The van der Waals surface area contributed by atoms with E-state index in [1.165, 1.54) is 18.2 Å². The fraction of sp³-hybridized carbons (Fsp3) is 0.471. The molecule has 0 bridgehead atoms. The van der Waals surface area contributed by atoms with Crippen LogP contribution in [-0.4, -0.2) is 39.3 Å². The molecule has 2 atom stereocenters. The zero-order valence-electron chi connectivity index (χ0n) is 14.4. The first-order valence-corrected chi connectivity index (χ1v) is 9.96. The summed E-state index contributed by atoms with van der Waals surface area (Å²) in [4.78, 5) is 27.6. The number of amides is 1. The van der Waals surface area contributed by atoms with E-state index < -0.39 is 22.5 Å². The maximum absolute atomic E-state index is 12.4. The van der Waals surface area contributed by atoms with Crippen molar-refractivity contribution in [2.45, 2.75) is 31.1 Å². The van der Waals surface area contributed by atoms with E-state index in [2.05, 4.69) is 15.0 Å². The van der Waals surface area contributed by atoms with Crippen LogP contribution in [0.1, 0.15) is 26.2 Å². The lowest BCUT2D eigenvalue weighted by atomic mass is 10.3. The Morgan fingerprint density at radius 1 is 1.35 bits per heavy atom. The van der Waals surface area contributed by atoms with Crippen molar-refractivity contribution in [3.63, 3.8) is 0 Å². The van der Waals surface area contributed by atoms with Crippen molar-refractivity contribution in [3.05, 3.63) is 24.3 Å². The number of rotatable bonds is 6. The molecule has 1 aromatic carbocycles. The smallest absolute Gasteiger partial charge is 0.309 e. The summed E-state index contributed by atoms with van der Waals surface area (Å²) in [7, 11) is -3.75. The third kappa shape index (κ3) is 4.60. The van der Waals surface area contributed by atoms with Gasteiger partial charge in [-0.1, -0.05) is 13.0 Å². The highest BCUT2D eigenvalue weighted by atomic mass is 32.2.